The minimum atomic E-state index is -0.411. The molecule has 5 nitrogen and oxygen atoms in total. The first-order valence-electron chi connectivity index (χ1n) is 7.27. The van der Waals surface area contributed by atoms with Gasteiger partial charge in [-0.25, -0.2) is 0 Å². The molecule has 0 saturated carbocycles. The van der Waals surface area contributed by atoms with E-state index in [1.807, 2.05) is 19.9 Å². The highest BCUT2D eigenvalue weighted by atomic mass is 16.5. The van der Waals surface area contributed by atoms with Crippen LogP contribution in [0.25, 0.3) is 0 Å². The van der Waals surface area contributed by atoms with Crippen LogP contribution >= 0.6 is 0 Å². The van der Waals surface area contributed by atoms with Gasteiger partial charge in [0.25, 0.3) is 0 Å². The molecule has 1 aliphatic rings. The van der Waals surface area contributed by atoms with Gasteiger partial charge in [0.05, 0.1) is 24.8 Å². The summed E-state index contributed by atoms with van der Waals surface area (Å²) in [5.41, 5.74) is 0.769. The van der Waals surface area contributed by atoms with Crippen molar-refractivity contribution in [3.63, 3.8) is 0 Å². The van der Waals surface area contributed by atoms with Gasteiger partial charge in [-0.15, -0.1) is 0 Å². The van der Waals surface area contributed by atoms with Crippen LogP contribution in [0.2, 0.25) is 0 Å². The van der Waals surface area contributed by atoms with E-state index in [4.69, 9.17) is 14.7 Å². The van der Waals surface area contributed by atoms with E-state index in [0.717, 1.165) is 0 Å². The Morgan fingerprint density at radius 1 is 0.955 bits per heavy atom. The largest absolute Gasteiger partial charge is 0.486 e. The van der Waals surface area contributed by atoms with Crippen molar-refractivity contribution in [1.29, 1.82) is 5.26 Å². The second-order valence-electron chi connectivity index (χ2n) is 4.89. The molecule has 0 amide bonds. The number of carbonyl (C=O) groups excluding carboxylic acids is 2. The smallest absolute Gasteiger partial charge is 0.232 e. The summed E-state index contributed by atoms with van der Waals surface area (Å²) in [5, 5.41) is 8.95. The van der Waals surface area contributed by atoms with Crippen LogP contribution in [0.5, 0.6) is 0 Å². The van der Waals surface area contributed by atoms with Crippen LogP contribution in [-0.4, -0.2) is 24.8 Å². The van der Waals surface area contributed by atoms with Crippen molar-refractivity contribution in [1.82, 2.24) is 0 Å². The molecule has 114 valence electrons. The van der Waals surface area contributed by atoms with Crippen LogP contribution in [0.1, 0.15) is 53.0 Å². The highest BCUT2D eigenvalue weighted by Gasteiger charge is 2.35. The number of nitrogens with zero attached hydrogens (tertiary/aromatic N) is 1. The van der Waals surface area contributed by atoms with Gasteiger partial charge in [0.2, 0.25) is 23.1 Å². The zero-order valence-corrected chi connectivity index (χ0v) is 12.6. The molecule has 0 fully saturated rings. The van der Waals surface area contributed by atoms with E-state index in [1.165, 1.54) is 18.2 Å². The molecular formula is C17H17NO4. The Hall–Kier alpha value is -2.61. The molecule has 0 aliphatic heterocycles. The Labute approximate surface area is 129 Å². The van der Waals surface area contributed by atoms with Crippen LogP contribution < -0.4 is 0 Å². The minimum Gasteiger partial charge on any atom is -0.486 e. The maximum absolute atomic E-state index is 12.6. The van der Waals surface area contributed by atoms with Gasteiger partial charge in [0.15, 0.2) is 0 Å². The molecular weight excluding hydrogens is 282 g/mol. The highest BCUT2D eigenvalue weighted by Crippen LogP contribution is 2.28. The molecule has 0 spiro atoms. The molecule has 0 saturated heterocycles. The molecule has 0 radical (unpaired) electrons. The summed E-state index contributed by atoms with van der Waals surface area (Å²) < 4.78 is 10.9. The fraction of sp³-hybridized carbons (Fsp3) is 0.353. The second kappa shape index (κ2) is 6.90. The van der Waals surface area contributed by atoms with Gasteiger partial charge in [0.1, 0.15) is 0 Å². The first-order chi connectivity index (χ1) is 10.6. The van der Waals surface area contributed by atoms with Gasteiger partial charge < -0.3 is 9.47 Å². The zero-order chi connectivity index (χ0) is 16.1. The van der Waals surface area contributed by atoms with Crippen LogP contribution in [0.4, 0.5) is 0 Å². The first kappa shape index (κ1) is 15.8. The number of hydrogen-bond acceptors (Lipinski definition) is 5. The summed E-state index contributed by atoms with van der Waals surface area (Å²) in [6.07, 6.45) is 1.42. The molecule has 0 unspecified atom stereocenters. The first-order valence-corrected chi connectivity index (χ1v) is 7.27. The van der Waals surface area contributed by atoms with Gasteiger partial charge in [-0.1, -0.05) is 13.8 Å². The van der Waals surface area contributed by atoms with Gasteiger partial charge in [-0.05, 0) is 31.0 Å². The summed E-state index contributed by atoms with van der Waals surface area (Å²) in [6.45, 7) is 4.47. The molecule has 0 atom stereocenters. The standard InChI is InChI=1S/C17H17NO4/c1-3-7-21-16-14(19)12-6-5-11(10-18)9-13(12)15(20)17(16)22-8-4-2/h5-6,9H,3-4,7-8H2,1-2H3. The van der Waals surface area contributed by atoms with E-state index < -0.39 is 5.78 Å². The number of ether oxygens (including phenoxy) is 2. The van der Waals surface area contributed by atoms with E-state index >= 15 is 0 Å². The Bertz CT molecular complexity index is 682. The van der Waals surface area contributed by atoms with Gasteiger partial charge in [0, 0.05) is 11.1 Å². The predicted octanol–water partition coefficient (Wildman–Crippen LogP) is 3.00. The fourth-order valence-corrected chi connectivity index (χ4v) is 2.12. The number of benzene rings is 1. The van der Waals surface area contributed by atoms with Crippen molar-refractivity contribution in [2.45, 2.75) is 26.7 Å². The van der Waals surface area contributed by atoms with E-state index in [9.17, 15) is 9.59 Å². The summed E-state index contributed by atoms with van der Waals surface area (Å²) in [7, 11) is 0. The molecule has 0 N–H and O–H groups in total. The van der Waals surface area contributed by atoms with Gasteiger partial charge >= 0.3 is 0 Å². The Kier molecular flexibility index (Phi) is 4.95. The van der Waals surface area contributed by atoms with Crippen molar-refractivity contribution in [3.05, 3.63) is 46.4 Å². The van der Waals surface area contributed by atoms with E-state index in [-0.39, 0.29) is 28.4 Å². The summed E-state index contributed by atoms with van der Waals surface area (Å²) >= 11 is 0. The molecule has 0 bridgehead atoms. The Morgan fingerprint density at radius 3 is 2.00 bits per heavy atom. The molecule has 5 heteroatoms. The number of rotatable bonds is 6. The molecule has 0 aromatic heterocycles. The third-order valence-corrected chi connectivity index (χ3v) is 3.16. The average Bonchev–Trinajstić information content (AvgIpc) is 2.55. The van der Waals surface area contributed by atoms with Crippen LogP contribution in [-0.2, 0) is 9.47 Å². The van der Waals surface area contributed by atoms with Crippen molar-refractivity contribution in [2.24, 2.45) is 0 Å². The number of carbonyl (C=O) groups is 2. The Morgan fingerprint density at radius 2 is 1.50 bits per heavy atom. The van der Waals surface area contributed by atoms with Crippen molar-refractivity contribution in [2.75, 3.05) is 13.2 Å². The zero-order valence-electron chi connectivity index (χ0n) is 12.6. The van der Waals surface area contributed by atoms with E-state index in [2.05, 4.69) is 0 Å². The maximum atomic E-state index is 12.6. The number of ketones is 2. The Balaban J connectivity index is 2.50. The lowest BCUT2D eigenvalue weighted by atomic mass is 9.91. The summed E-state index contributed by atoms with van der Waals surface area (Å²) in [4.78, 5) is 25.1. The molecule has 1 aromatic rings. The number of Topliss-reactive ketones (excluding diaryl/α,β-unsaturated/α-hetero) is 2. The lowest BCUT2D eigenvalue weighted by molar-refractivity contribution is 0.0752. The van der Waals surface area contributed by atoms with Gasteiger partial charge in [-0.2, -0.15) is 5.26 Å². The molecule has 0 heterocycles. The van der Waals surface area contributed by atoms with E-state index in [0.29, 0.717) is 31.6 Å². The lowest BCUT2D eigenvalue weighted by Crippen LogP contribution is -2.25. The number of nitriles is 1. The quantitative estimate of drug-likeness (QED) is 0.807. The van der Waals surface area contributed by atoms with Crippen LogP contribution in [0.3, 0.4) is 0 Å². The topological polar surface area (TPSA) is 76.4 Å². The fourth-order valence-electron chi connectivity index (χ4n) is 2.12. The molecule has 1 aromatic carbocycles. The second-order valence-corrected chi connectivity index (χ2v) is 4.89. The predicted molar refractivity (Wildman–Crippen MR) is 79.3 cm³/mol. The third kappa shape index (κ3) is 2.86. The van der Waals surface area contributed by atoms with Crippen molar-refractivity contribution in [3.8, 4) is 6.07 Å². The van der Waals surface area contributed by atoms with Crippen LogP contribution in [0.15, 0.2) is 29.7 Å². The molecule has 22 heavy (non-hydrogen) atoms. The van der Waals surface area contributed by atoms with Crippen LogP contribution in [0, 0.1) is 11.3 Å². The molecule has 2 rings (SSSR count). The van der Waals surface area contributed by atoms with Crippen molar-refractivity contribution >= 4 is 11.6 Å². The van der Waals surface area contributed by atoms with Gasteiger partial charge in [-0.3, -0.25) is 9.59 Å². The number of hydrogen-bond donors (Lipinski definition) is 0. The number of allylic oxidation sites excluding steroid dienone is 2. The van der Waals surface area contributed by atoms with E-state index in [1.54, 1.807) is 0 Å². The maximum Gasteiger partial charge on any atom is 0.232 e. The summed E-state index contributed by atoms with van der Waals surface area (Å²) in [5.74, 6) is -0.870. The monoisotopic (exact) mass is 299 g/mol. The SMILES string of the molecule is CCCOC1=C(OCCC)C(=O)c2cc(C#N)ccc2C1=O. The third-order valence-electron chi connectivity index (χ3n) is 3.16. The number of fused-ring (bicyclic) bond motifs is 1. The average molecular weight is 299 g/mol. The minimum absolute atomic E-state index is 0.0301. The summed E-state index contributed by atoms with van der Waals surface area (Å²) in [6, 6.07) is 6.38. The highest BCUT2D eigenvalue weighted by molar-refractivity contribution is 6.25. The molecule has 1 aliphatic carbocycles. The van der Waals surface area contributed by atoms with Crippen molar-refractivity contribution < 1.29 is 19.1 Å². The lowest BCUT2D eigenvalue weighted by Gasteiger charge is -2.21. The normalized spacial score (nSPS) is 13.7.